The summed E-state index contributed by atoms with van der Waals surface area (Å²) in [6.07, 6.45) is 1.82. The zero-order chi connectivity index (χ0) is 20.1. The Morgan fingerprint density at radius 2 is 2.14 bits per heavy atom. The molecule has 0 unspecified atom stereocenters. The van der Waals surface area contributed by atoms with E-state index < -0.39 is 11.9 Å². The van der Waals surface area contributed by atoms with Crippen LogP contribution in [0.15, 0.2) is 34.2 Å². The number of hydrogen-bond donors (Lipinski definition) is 2. The highest BCUT2D eigenvalue weighted by Crippen LogP contribution is 2.20. The maximum absolute atomic E-state index is 13.0. The number of fused-ring (bicyclic) bond motifs is 1. The highest BCUT2D eigenvalue weighted by Gasteiger charge is 2.21. The lowest BCUT2D eigenvalue weighted by atomic mass is 10.2. The van der Waals surface area contributed by atoms with Crippen LogP contribution in [-0.2, 0) is 16.1 Å². The van der Waals surface area contributed by atoms with Crippen LogP contribution in [0.1, 0.15) is 26.7 Å². The Kier molecular flexibility index (Phi) is 6.69. The van der Waals surface area contributed by atoms with Crippen LogP contribution in [0, 0.1) is 0 Å². The van der Waals surface area contributed by atoms with Gasteiger partial charge in [-0.1, -0.05) is 23.9 Å². The highest BCUT2D eigenvalue weighted by atomic mass is 32.2. The molecule has 3 amide bonds. The number of amides is 3. The van der Waals surface area contributed by atoms with E-state index in [9.17, 15) is 14.4 Å². The Labute approximate surface area is 167 Å². The summed E-state index contributed by atoms with van der Waals surface area (Å²) in [6.45, 7) is 4.70. The first kappa shape index (κ1) is 20.3. The standard InChI is InChI=1S/C19H24N4O4S/c1-12(2)20-18(26)22-16(24)11-28-19-21-15-8-4-3-7-14(15)17(25)23(19)10-13-6-5-9-27-13/h3-4,7-8,12-13H,5-6,9-11H2,1-2H3,(H2,20,22,24,26)/t13-/m1/s1. The van der Waals surface area contributed by atoms with Crippen LogP contribution in [0.4, 0.5) is 4.79 Å². The molecule has 1 fully saturated rings. The Bertz CT molecular complexity index is 922. The van der Waals surface area contributed by atoms with Gasteiger partial charge in [0.15, 0.2) is 5.16 Å². The molecular formula is C19H24N4O4S. The molecule has 1 atom stereocenters. The van der Waals surface area contributed by atoms with E-state index in [2.05, 4.69) is 15.6 Å². The van der Waals surface area contributed by atoms with Crippen LogP contribution >= 0.6 is 11.8 Å². The quantitative estimate of drug-likeness (QED) is 0.563. The predicted octanol–water partition coefficient (Wildman–Crippen LogP) is 1.90. The number of carbonyl (C=O) groups excluding carboxylic acids is 2. The molecule has 3 rings (SSSR count). The number of nitrogens with zero attached hydrogens (tertiary/aromatic N) is 2. The third-order valence-corrected chi connectivity index (χ3v) is 5.22. The fourth-order valence-electron chi connectivity index (χ4n) is 3.00. The smallest absolute Gasteiger partial charge is 0.321 e. The molecule has 150 valence electrons. The molecule has 2 aromatic rings. The van der Waals surface area contributed by atoms with Gasteiger partial charge in [-0.3, -0.25) is 19.5 Å². The van der Waals surface area contributed by atoms with Crippen LogP contribution < -0.4 is 16.2 Å². The predicted molar refractivity (Wildman–Crippen MR) is 108 cm³/mol. The zero-order valence-corrected chi connectivity index (χ0v) is 16.8. The molecular weight excluding hydrogens is 380 g/mol. The second-order valence-corrected chi connectivity index (χ2v) is 7.87. The first-order valence-corrected chi connectivity index (χ1v) is 10.3. The number of nitrogens with one attached hydrogen (secondary N) is 2. The molecule has 2 N–H and O–H groups in total. The lowest BCUT2D eigenvalue weighted by Crippen LogP contribution is -2.43. The largest absolute Gasteiger partial charge is 0.376 e. The molecule has 2 heterocycles. The first-order chi connectivity index (χ1) is 13.4. The molecule has 8 nitrogen and oxygen atoms in total. The number of benzene rings is 1. The third kappa shape index (κ3) is 5.11. The van der Waals surface area contributed by atoms with Gasteiger partial charge in [0, 0.05) is 12.6 Å². The summed E-state index contributed by atoms with van der Waals surface area (Å²) in [5, 5.41) is 5.85. The third-order valence-electron chi connectivity index (χ3n) is 4.24. The minimum absolute atomic E-state index is 0.0260. The number of hydrogen-bond acceptors (Lipinski definition) is 6. The fourth-order valence-corrected chi connectivity index (χ4v) is 3.81. The maximum atomic E-state index is 13.0. The van der Waals surface area contributed by atoms with Crippen molar-refractivity contribution in [3.63, 3.8) is 0 Å². The number of thioether (sulfide) groups is 1. The Hall–Kier alpha value is -2.39. The number of aromatic nitrogens is 2. The van der Waals surface area contributed by atoms with E-state index in [0.29, 0.717) is 29.2 Å². The minimum atomic E-state index is -0.538. The molecule has 0 aliphatic carbocycles. The lowest BCUT2D eigenvalue weighted by Gasteiger charge is -2.16. The van der Waals surface area contributed by atoms with Gasteiger partial charge in [0.25, 0.3) is 5.56 Å². The number of carbonyl (C=O) groups is 2. The van der Waals surface area contributed by atoms with E-state index in [1.807, 2.05) is 19.9 Å². The van der Waals surface area contributed by atoms with E-state index in [1.54, 1.807) is 22.8 Å². The minimum Gasteiger partial charge on any atom is -0.376 e. The summed E-state index contributed by atoms with van der Waals surface area (Å²) in [5.74, 6) is -0.476. The molecule has 1 aliphatic heterocycles. The Balaban J connectivity index is 1.79. The molecule has 0 radical (unpaired) electrons. The van der Waals surface area contributed by atoms with Crippen molar-refractivity contribution in [2.45, 2.75) is 50.5 Å². The maximum Gasteiger partial charge on any atom is 0.321 e. The van der Waals surface area contributed by atoms with Crippen molar-refractivity contribution in [2.24, 2.45) is 0 Å². The molecule has 0 bridgehead atoms. The summed E-state index contributed by atoms with van der Waals surface area (Å²) in [4.78, 5) is 41.3. The number of ether oxygens (including phenoxy) is 1. The van der Waals surface area contributed by atoms with Gasteiger partial charge >= 0.3 is 6.03 Å². The van der Waals surface area contributed by atoms with Gasteiger partial charge in [-0.05, 0) is 38.8 Å². The first-order valence-electron chi connectivity index (χ1n) is 9.28. The summed E-state index contributed by atoms with van der Waals surface area (Å²) in [6, 6.07) is 6.52. The average molecular weight is 404 g/mol. The molecule has 0 saturated carbocycles. The lowest BCUT2D eigenvalue weighted by molar-refractivity contribution is -0.117. The van der Waals surface area contributed by atoms with Gasteiger partial charge in [-0.15, -0.1) is 0 Å². The summed E-state index contributed by atoms with van der Waals surface area (Å²) in [7, 11) is 0. The highest BCUT2D eigenvalue weighted by molar-refractivity contribution is 7.99. The number of rotatable bonds is 6. The van der Waals surface area contributed by atoms with E-state index in [1.165, 1.54) is 0 Å². The molecule has 9 heteroatoms. The molecule has 1 saturated heterocycles. The number of urea groups is 1. The Morgan fingerprint density at radius 1 is 1.36 bits per heavy atom. The van der Waals surface area contributed by atoms with Crippen LogP contribution in [0.25, 0.3) is 10.9 Å². The van der Waals surface area contributed by atoms with E-state index in [-0.39, 0.29) is 23.5 Å². The number of para-hydroxylation sites is 1. The van der Waals surface area contributed by atoms with Crippen molar-refractivity contribution >= 4 is 34.6 Å². The fraction of sp³-hybridized carbons (Fsp3) is 0.474. The summed E-state index contributed by atoms with van der Waals surface area (Å²) < 4.78 is 7.24. The van der Waals surface area contributed by atoms with E-state index in [0.717, 1.165) is 24.6 Å². The second kappa shape index (κ2) is 9.20. The van der Waals surface area contributed by atoms with Crippen LogP contribution in [0.2, 0.25) is 0 Å². The molecule has 0 spiro atoms. The Morgan fingerprint density at radius 3 is 2.86 bits per heavy atom. The van der Waals surface area contributed by atoms with Crippen LogP contribution in [0.3, 0.4) is 0 Å². The van der Waals surface area contributed by atoms with Crippen LogP contribution in [0.5, 0.6) is 0 Å². The topological polar surface area (TPSA) is 102 Å². The van der Waals surface area contributed by atoms with Gasteiger partial charge in [0.1, 0.15) is 0 Å². The van der Waals surface area contributed by atoms with Gasteiger partial charge < -0.3 is 10.1 Å². The second-order valence-electron chi connectivity index (χ2n) is 6.93. The van der Waals surface area contributed by atoms with Gasteiger partial charge in [-0.2, -0.15) is 0 Å². The monoisotopic (exact) mass is 404 g/mol. The zero-order valence-electron chi connectivity index (χ0n) is 15.9. The molecule has 1 aliphatic rings. The molecule has 1 aromatic heterocycles. The van der Waals surface area contributed by atoms with Crippen molar-refractivity contribution in [1.82, 2.24) is 20.2 Å². The normalized spacial score (nSPS) is 16.5. The molecule has 1 aromatic carbocycles. The van der Waals surface area contributed by atoms with Gasteiger partial charge in [0.05, 0.1) is 29.3 Å². The summed E-state index contributed by atoms with van der Waals surface area (Å²) in [5.41, 5.74) is 0.429. The molecule has 28 heavy (non-hydrogen) atoms. The van der Waals surface area contributed by atoms with Crippen molar-refractivity contribution in [1.29, 1.82) is 0 Å². The van der Waals surface area contributed by atoms with E-state index in [4.69, 9.17) is 4.74 Å². The van der Waals surface area contributed by atoms with Crippen molar-refractivity contribution in [3.8, 4) is 0 Å². The van der Waals surface area contributed by atoms with Crippen molar-refractivity contribution in [3.05, 3.63) is 34.6 Å². The SMILES string of the molecule is CC(C)NC(=O)NC(=O)CSc1nc2ccccc2c(=O)n1C[C@H]1CCCO1. The van der Waals surface area contributed by atoms with Crippen molar-refractivity contribution in [2.75, 3.05) is 12.4 Å². The van der Waals surface area contributed by atoms with Crippen molar-refractivity contribution < 1.29 is 14.3 Å². The van der Waals surface area contributed by atoms with Gasteiger partial charge in [-0.25, -0.2) is 9.78 Å². The number of imide groups is 1. The average Bonchev–Trinajstić information content (AvgIpc) is 3.15. The van der Waals surface area contributed by atoms with Gasteiger partial charge in [0.2, 0.25) is 5.91 Å². The van der Waals surface area contributed by atoms with E-state index >= 15 is 0 Å². The van der Waals surface area contributed by atoms with Crippen LogP contribution in [-0.4, -0.2) is 46.0 Å². The summed E-state index contributed by atoms with van der Waals surface area (Å²) >= 11 is 1.13.